The van der Waals surface area contributed by atoms with Crippen molar-refractivity contribution in [2.45, 2.75) is 24.7 Å². The topological polar surface area (TPSA) is 78.4 Å². The molecule has 0 unspecified atom stereocenters. The molecule has 1 aromatic rings. The first kappa shape index (κ1) is 16.2. The summed E-state index contributed by atoms with van der Waals surface area (Å²) in [5, 5.41) is 10.5. The molecule has 0 saturated carbocycles. The SMILES string of the molecule is O=C(O)NCC1(F)CCN(c2nccc(C(F)(F)F)n2)CC1. The average molecular weight is 322 g/mol. The number of aromatic nitrogens is 2. The van der Waals surface area contributed by atoms with E-state index in [1.165, 1.54) is 4.90 Å². The molecule has 1 amide bonds. The Morgan fingerprint density at radius 2 is 2.05 bits per heavy atom. The van der Waals surface area contributed by atoms with E-state index in [-0.39, 0.29) is 38.4 Å². The number of anilines is 1. The van der Waals surface area contributed by atoms with Crippen LogP contribution in [0.4, 0.5) is 28.3 Å². The van der Waals surface area contributed by atoms with Crippen LogP contribution in [0.5, 0.6) is 0 Å². The van der Waals surface area contributed by atoms with E-state index in [4.69, 9.17) is 5.11 Å². The smallest absolute Gasteiger partial charge is 0.433 e. The van der Waals surface area contributed by atoms with Crippen molar-refractivity contribution in [3.05, 3.63) is 18.0 Å². The molecular formula is C12H14F4N4O2. The van der Waals surface area contributed by atoms with Gasteiger partial charge in [-0.25, -0.2) is 19.2 Å². The summed E-state index contributed by atoms with van der Waals surface area (Å²) in [5.41, 5.74) is -2.77. The Morgan fingerprint density at radius 1 is 1.41 bits per heavy atom. The van der Waals surface area contributed by atoms with Crippen LogP contribution < -0.4 is 10.2 Å². The van der Waals surface area contributed by atoms with E-state index in [1.807, 2.05) is 5.32 Å². The van der Waals surface area contributed by atoms with E-state index in [0.29, 0.717) is 0 Å². The number of hydrogen-bond donors (Lipinski definition) is 2. The van der Waals surface area contributed by atoms with Crippen LogP contribution in [0, 0.1) is 0 Å². The van der Waals surface area contributed by atoms with Crippen LogP contribution in [0.25, 0.3) is 0 Å². The molecule has 6 nitrogen and oxygen atoms in total. The van der Waals surface area contributed by atoms with Crippen molar-refractivity contribution < 1.29 is 27.5 Å². The second-order valence-electron chi connectivity index (χ2n) is 5.04. The summed E-state index contributed by atoms with van der Waals surface area (Å²) in [6, 6.07) is 0.768. The molecule has 0 aromatic carbocycles. The van der Waals surface area contributed by atoms with Gasteiger partial charge in [-0.3, -0.25) is 0 Å². The highest BCUT2D eigenvalue weighted by atomic mass is 19.4. The zero-order valence-electron chi connectivity index (χ0n) is 11.4. The van der Waals surface area contributed by atoms with E-state index in [2.05, 4.69) is 9.97 Å². The molecule has 2 N–H and O–H groups in total. The monoisotopic (exact) mass is 322 g/mol. The minimum Gasteiger partial charge on any atom is -0.465 e. The molecule has 2 rings (SSSR count). The van der Waals surface area contributed by atoms with Crippen LogP contribution in [-0.2, 0) is 6.18 Å². The quantitative estimate of drug-likeness (QED) is 0.833. The number of nitrogens with zero attached hydrogens (tertiary/aromatic N) is 3. The third-order valence-electron chi connectivity index (χ3n) is 3.43. The first-order chi connectivity index (χ1) is 10.2. The number of rotatable bonds is 3. The third-order valence-corrected chi connectivity index (χ3v) is 3.43. The number of carboxylic acid groups (broad SMARTS) is 1. The number of amides is 1. The first-order valence-corrected chi connectivity index (χ1v) is 6.50. The van der Waals surface area contributed by atoms with E-state index in [1.54, 1.807) is 0 Å². The number of carbonyl (C=O) groups is 1. The molecule has 0 aliphatic carbocycles. The minimum atomic E-state index is -4.57. The lowest BCUT2D eigenvalue weighted by Crippen LogP contribution is -2.48. The average Bonchev–Trinajstić information content (AvgIpc) is 2.45. The van der Waals surface area contributed by atoms with Gasteiger partial charge >= 0.3 is 12.3 Å². The van der Waals surface area contributed by atoms with Gasteiger partial charge in [0.15, 0.2) is 0 Å². The molecule has 1 aromatic heterocycles. The molecule has 22 heavy (non-hydrogen) atoms. The Labute approximate surface area is 123 Å². The molecule has 1 aliphatic heterocycles. The molecular weight excluding hydrogens is 308 g/mol. The molecule has 1 aliphatic rings. The molecule has 0 atom stereocenters. The maximum absolute atomic E-state index is 14.3. The fraction of sp³-hybridized carbons (Fsp3) is 0.583. The third kappa shape index (κ3) is 3.95. The van der Waals surface area contributed by atoms with Crippen molar-refractivity contribution >= 4 is 12.0 Å². The normalized spacial score (nSPS) is 18.1. The van der Waals surface area contributed by atoms with Crippen LogP contribution >= 0.6 is 0 Å². The van der Waals surface area contributed by atoms with Crippen molar-refractivity contribution in [3.63, 3.8) is 0 Å². The summed E-state index contributed by atoms with van der Waals surface area (Å²) >= 11 is 0. The van der Waals surface area contributed by atoms with Gasteiger partial charge in [0.1, 0.15) is 11.4 Å². The lowest BCUT2D eigenvalue weighted by Gasteiger charge is -2.36. The molecule has 0 spiro atoms. The largest absolute Gasteiger partial charge is 0.465 e. The second kappa shape index (κ2) is 5.93. The lowest BCUT2D eigenvalue weighted by molar-refractivity contribution is -0.141. The van der Waals surface area contributed by atoms with Gasteiger partial charge < -0.3 is 15.3 Å². The summed E-state index contributed by atoms with van der Waals surface area (Å²) in [6.07, 6.45) is -4.92. The molecule has 1 fully saturated rings. The van der Waals surface area contributed by atoms with Gasteiger partial charge in [-0.1, -0.05) is 0 Å². The molecule has 122 valence electrons. The zero-order chi connectivity index (χ0) is 16.4. The van der Waals surface area contributed by atoms with Crippen molar-refractivity contribution in [1.29, 1.82) is 0 Å². The summed E-state index contributed by atoms with van der Waals surface area (Å²) in [7, 11) is 0. The predicted octanol–water partition coefficient (Wildman–Crippen LogP) is 2.07. The zero-order valence-corrected chi connectivity index (χ0v) is 11.4. The summed E-state index contributed by atoms with van der Waals surface area (Å²) in [6.45, 7) is -0.127. The van der Waals surface area contributed by atoms with Crippen LogP contribution in [0.15, 0.2) is 12.3 Å². The van der Waals surface area contributed by atoms with Crippen molar-refractivity contribution in [1.82, 2.24) is 15.3 Å². The van der Waals surface area contributed by atoms with Crippen molar-refractivity contribution in [3.8, 4) is 0 Å². The standard InChI is InChI=1S/C12H14F4N4O2/c13-11(7-18-10(21)22)2-5-20(6-3-11)9-17-4-1-8(19-9)12(14,15)16/h1,4,18H,2-3,5-7H2,(H,21,22). The Hall–Kier alpha value is -2.13. The fourth-order valence-electron chi connectivity index (χ4n) is 2.18. The summed E-state index contributed by atoms with van der Waals surface area (Å²) < 4.78 is 52.1. The van der Waals surface area contributed by atoms with E-state index < -0.39 is 23.6 Å². The van der Waals surface area contributed by atoms with Crippen LogP contribution in [0.3, 0.4) is 0 Å². The van der Waals surface area contributed by atoms with Gasteiger partial charge in [-0.2, -0.15) is 13.2 Å². The van der Waals surface area contributed by atoms with Gasteiger partial charge in [0.05, 0.1) is 6.54 Å². The van der Waals surface area contributed by atoms with Crippen LogP contribution in [0.2, 0.25) is 0 Å². The van der Waals surface area contributed by atoms with E-state index in [9.17, 15) is 22.4 Å². The number of alkyl halides is 4. The highest BCUT2D eigenvalue weighted by molar-refractivity contribution is 5.64. The number of halogens is 4. The highest BCUT2D eigenvalue weighted by Crippen LogP contribution is 2.30. The van der Waals surface area contributed by atoms with Gasteiger partial charge in [0, 0.05) is 32.1 Å². The first-order valence-electron chi connectivity index (χ1n) is 6.50. The second-order valence-corrected chi connectivity index (χ2v) is 5.04. The van der Waals surface area contributed by atoms with Gasteiger partial charge in [-0.15, -0.1) is 0 Å². The van der Waals surface area contributed by atoms with Gasteiger partial charge in [0.2, 0.25) is 5.95 Å². The molecule has 0 radical (unpaired) electrons. The van der Waals surface area contributed by atoms with E-state index >= 15 is 0 Å². The molecule has 10 heteroatoms. The summed E-state index contributed by atoms with van der Waals surface area (Å²) in [4.78, 5) is 19.1. The number of nitrogens with one attached hydrogen (secondary N) is 1. The molecule has 0 bridgehead atoms. The minimum absolute atomic E-state index is 0.0209. The number of piperidine rings is 1. The Bertz CT molecular complexity index is 544. The summed E-state index contributed by atoms with van der Waals surface area (Å²) in [5.74, 6) is -0.108. The fourth-order valence-corrected chi connectivity index (χ4v) is 2.18. The van der Waals surface area contributed by atoms with Gasteiger partial charge in [0.25, 0.3) is 0 Å². The van der Waals surface area contributed by atoms with E-state index in [0.717, 1.165) is 12.3 Å². The maximum atomic E-state index is 14.3. The van der Waals surface area contributed by atoms with Crippen molar-refractivity contribution in [2.24, 2.45) is 0 Å². The lowest BCUT2D eigenvalue weighted by atomic mass is 9.93. The molecule has 2 heterocycles. The number of hydrogen-bond acceptors (Lipinski definition) is 4. The Balaban J connectivity index is 2.01. The Morgan fingerprint density at radius 3 is 2.59 bits per heavy atom. The Kier molecular flexibility index (Phi) is 4.38. The van der Waals surface area contributed by atoms with Crippen molar-refractivity contribution in [2.75, 3.05) is 24.5 Å². The highest BCUT2D eigenvalue weighted by Gasteiger charge is 2.37. The van der Waals surface area contributed by atoms with Crippen LogP contribution in [0.1, 0.15) is 18.5 Å². The maximum Gasteiger partial charge on any atom is 0.433 e. The molecule has 1 saturated heterocycles. The predicted molar refractivity (Wildman–Crippen MR) is 68.3 cm³/mol. The van der Waals surface area contributed by atoms with Crippen LogP contribution in [-0.4, -0.2) is 46.5 Å². The van der Waals surface area contributed by atoms with Gasteiger partial charge in [-0.05, 0) is 6.07 Å².